The molecule has 5 heteroatoms. The largest absolute Gasteiger partial charge is 0.147 e. The van der Waals surface area contributed by atoms with E-state index in [0.717, 1.165) is 6.42 Å². The average Bonchev–Trinajstić information content (AvgIpc) is 2.20. The summed E-state index contributed by atoms with van der Waals surface area (Å²) in [5.41, 5.74) is 0.0648. The van der Waals surface area contributed by atoms with E-state index in [1.807, 2.05) is 0 Å². The fourth-order valence-corrected chi connectivity index (χ4v) is 30.0. The predicted octanol–water partition coefficient (Wildman–Crippen LogP) is 5.65. The maximum atomic E-state index is 4.19. The molecule has 0 aromatic carbocycles. The first-order chi connectivity index (χ1) is 6.93. The summed E-state index contributed by atoms with van der Waals surface area (Å²) < 4.78 is 20.9. The van der Waals surface area contributed by atoms with Crippen LogP contribution in [0.4, 0.5) is 0 Å². The molecule has 20 heavy (non-hydrogen) atoms. The zero-order chi connectivity index (χ0) is 14.9. The molecule has 1 aliphatic rings. The summed E-state index contributed by atoms with van der Waals surface area (Å²) in [5.74, 6) is 0. The van der Waals surface area contributed by atoms with Crippen LogP contribution in [-0.2, 0) is 11.8 Å². The molecule has 0 fully saturated rings. The van der Waals surface area contributed by atoms with Crippen molar-refractivity contribution in [1.82, 2.24) is 3.26 Å². The van der Waals surface area contributed by atoms with E-state index in [-0.39, 0.29) is 30.4 Å². The summed E-state index contributed by atoms with van der Waals surface area (Å²) >= 11 is -4.96. The molecule has 0 aliphatic heterocycles. The smallest absolute Gasteiger partial charge is 0.147 e. The molecule has 1 aliphatic carbocycles. The zero-order valence-electron chi connectivity index (χ0n) is 15.0. The van der Waals surface area contributed by atoms with Gasteiger partial charge in [-0.05, 0) is 0 Å². The van der Waals surface area contributed by atoms with Gasteiger partial charge in [-0.15, -0.1) is 24.8 Å². The third kappa shape index (κ3) is 5.09. The van der Waals surface area contributed by atoms with E-state index in [9.17, 15) is 0 Å². The fraction of sp³-hybridized carbons (Fsp3) is 0.733. The summed E-state index contributed by atoms with van der Waals surface area (Å²) in [6.45, 7) is 9.07. The van der Waals surface area contributed by atoms with Crippen molar-refractivity contribution < 1.29 is 11.8 Å². The van der Waals surface area contributed by atoms with Crippen molar-refractivity contribution in [3.63, 3.8) is 0 Å². The van der Waals surface area contributed by atoms with Gasteiger partial charge in [0.05, 0.1) is 0 Å². The van der Waals surface area contributed by atoms with Gasteiger partial charge in [-0.3, -0.25) is 0 Å². The molecule has 1 nitrogen and oxygen atoms in total. The average molecular weight is 422 g/mol. The van der Waals surface area contributed by atoms with Gasteiger partial charge in [0.1, 0.15) is 0 Å². The molecule has 124 valence electrons. The quantitative estimate of drug-likeness (QED) is 0.569. The molecule has 1 N–H and O–H groups in total. The monoisotopic (exact) mass is 419 g/mol. The van der Waals surface area contributed by atoms with Crippen LogP contribution in [0.25, 0.3) is 0 Å². The maximum Gasteiger partial charge on any atom is -0.147 e. The number of hydrogen-bond acceptors (Lipinski definition) is 1. The second-order valence-corrected chi connectivity index (χ2v) is 113. The van der Waals surface area contributed by atoms with Crippen molar-refractivity contribution >= 4 is 31.7 Å². The molecule has 0 aromatic rings. The first kappa shape index (κ1) is 23.4. The molecule has 0 spiro atoms. The van der Waals surface area contributed by atoms with Gasteiger partial charge in [0, 0.05) is 0 Å². The summed E-state index contributed by atoms with van der Waals surface area (Å²) in [6.07, 6.45) is 7.90. The van der Waals surface area contributed by atoms with Crippen LogP contribution in [0.5, 0.6) is 0 Å². The predicted molar refractivity (Wildman–Crippen MR) is 103 cm³/mol. The number of nitrogens with one attached hydrogen (secondary N) is 1. The van der Waals surface area contributed by atoms with Crippen molar-refractivity contribution in [3.8, 4) is 0 Å². The van der Waals surface area contributed by atoms with E-state index in [1.54, 1.807) is 3.28 Å². The number of allylic oxidation sites excluding steroid dienone is 4. The maximum absolute atomic E-state index is 4.96. The van der Waals surface area contributed by atoms with Crippen molar-refractivity contribution in [2.45, 2.75) is 60.5 Å². The Bertz CT molecular complexity index is 668. The Morgan fingerprint density at radius 1 is 1.00 bits per heavy atom. The topological polar surface area (TPSA) is 12.0 Å². The molecule has 1 rings (SSSR count). The molecular weight excluding hydrogens is 384 g/mol. The normalized spacial score (nSPS) is 26.1. The minimum atomic E-state index is -4.96. The van der Waals surface area contributed by atoms with Gasteiger partial charge in [0.25, 0.3) is 0 Å². The van der Waals surface area contributed by atoms with Gasteiger partial charge in [-0.25, -0.2) is 0 Å². The van der Waals surface area contributed by atoms with Crippen LogP contribution in [0, 0.1) is 0 Å². The number of rotatable bonds is 2. The molecule has 0 aromatic heterocycles. The van der Waals surface area contributed by atoms with Crippen molar-refractivity contribution in [3.05, 3.63) is 21.5 Å². The van der Waals surface area contributed by atoms with Crippen molar-refractivity contribution in [2.75, 3.05) is 0 Å². The minimum absolute atomic E-state index is 0. The standard InChI is InChI=1S/C5H5.C4H10N.6CH3.2ClH.H2Si.Zr/c1-2-4-5-3-1;1-4(2,3)5;;;;;;;;;;/h1-3H,4H2;5H,1-3H3;6*1H3;2*1H;1H2;/q;-1;;;;;;;;;;+1. The van der Waals surface area contributed by atoms with E-state index in [0.29, 0.717) is 0 Å². The first-order valence-corrected chi connectivity index (χ1v) is 30.4. The van der Waals surface area contributed by atoms with Crippen LogP contribution < -0.4 is 3.26 Å². The van der Waals surface area contributed by atoms with E-state index < -0.39 is 11.8 Å². The first-order valence-electron chi connectivity index (χ1n) is 7.32. The van der Waals surface area contributed by atoms with Crippen LogP contribution in [0.1, 0.15) is 27.2 Å². The third-order valence-corrected chi connectivity index (χ3v) is 26.7. The number of hydrogen-bond donors (Lipinski definition) is 1. The van der Waals surface area contributed by atoms with E-state index in [4.69, 9.17) is 0 Å². The molecule has 0 atom stereocenters. The van der Waals surface area contributed by atoms with E-state index >= 15 is 0 Å². The molecular formula is C15H37Cl2NSiZr. The SMILES string of the molecule is CC(C)(C)[NH][Zr]([CH3])([CH3])([CH3])([CH3])([CH3])([CH3])(=[SiH2])[C]1=CC=CC1.Cl.Cl. The molecule has 0 radical (unpaired) electrons. The van der Waals surface area contributed by atoms with E-state index in [2.05, 4.69) is 76.9 Å². The molecule has 0 saturated carbocycles. The molecule has 0 bridgehead atoms. The minimum Gasteiger partial charge on any atom is -0.147 e. The Kier molecular flexibility index (Phi) is 3.29. The fourth-order valence-electron chi connectivity index (χ4n) is 4.57. The number of halogens is 2. The zero-order valence-corrected chi connectivity index (χ0v) is 20.5. The molecule has 0 unspecified atom stereocenters. The Balaban J connectivity index is 0. The Morgan fingerprint density at radius 2 is 1.40 bits per heavy atom. The van der Waals surface area contributed by atoms with Gasteiger partial charge in [-0.2, -0.15) is 0 Å². The van der Waals surface area contributed by atoms with Crippen LogP contribution in [0.15, 0.2) is 21.5 Å². The van der Waals surface area contributed by atoms with Crippen LogP contribution >= 0.6 is 24.8 Å². The van der Waals surface area contributed by atoms with Gasteiger partial charge in [-0.1, -0.05) is 0 Å². The molecule has 0 heterocycles. The van der Waals surface area contributed by atoms with Crippen LogP contribution in [-0.4, -0.2) is 12.4 Å². The molecule has 0 saturated heterocycles. The second kappa shape index (κ2) is 2.81. The van der Waals surface area contributed by atoms with Crippen molar-refractivity contribution in [2.24, 2.45) is 0 Å². The summed E-state index contributed by atoms with van der Waals surface area (Å²) in [4.78, 5) is 0. The summed E-state index contributed by atoms with van der Waals surface area (Å²) in [7, 11) is 0. The van der Waals surface area contributed by atoms with E-state index in [1.165, 1.54) is 0 Å². The van der Waals surface area contributed by atoms with Crippen molar-refractivity contribution in [1.29, 1.82) is 0 Å². The van der Waals surface area contributed by atoms with Gasteiger partial charge in [0.2, 0.25) is 0 Å². The second-order valence-electron chi connectivity index (χ2n) is 16.8. The Hall–Kier alpha value is 1.12. The summed E-state index contributed by atoms with van der Waals surface area (Å²) in [6, 6.07) is 0. The third-order valence-electron chi connectivity index (χ3n) is 4.36. The van der Waals surface area contributed by atoms with Crippen LogP contribution in [0.2, 0.25) is 27.8 Å². The van der Waals surface area contributed by atoms with Gasteiger partial charge in [0.15, 0.2) is 0 Å². The molecule has 0 amide bonds. The Labute approximate surface area is 128 Å². The Morgan fingerprint density at radius 3 is 1.65 bits per heavy atom. The van der Waals surface area contributed by atoms with Gasteiger partial charge >= 0.3 is 104 Å². The van der Waals surface area contributed by atoms with Crippen LogP contribution in [0.3, 0.4) is 0 Å². The summed E-state index contributed by atoms with van der Waals surface area (Å²) in [5, 5.41) is 0. The van der Waals surface area contributed by atoms with Gasteiger partial charge < -0.3 is 0 Å².